The maximum absolute atomic E-state index is 13.3. The Labute approximate surface area is 118 Å². The number of carbonyl (C=O) groups is 1. The lowest BCUT2D eigenvalue weighted by Crippen LogP contribution is -2.31. The molecule has 1 unspecified atom stereocenters. The second-order valence-electron chi connectivity index (χ2n) is 4.61. The molecule has 1 amide bonds. The van der Waals surface area contributed by atoms with Gasteiger partial charge in [-0.25, -0.2) is 8.78 Å². The van der Waals surface area contributed by atoms with Crippen molar-refractivity contribution in [2.24, 2.45) is 0 Å². The van der Waals surface area contributed by atoms with E-state index in [1.54, 1.807) is 0 Å². The number of alkyl halides is 5. The Morgan fingerprint density at radius 3 is 2.65 bits per heavy atom. The molecule has 0 radical (unpaired) electrons. The zero-order valence-corrected chi connectivity index (χ0v) is 11.1. The average Bonchev–Trinajstić information content (AvgIpc) is 2.59. The van der Waals surface area contributed by atoms with Crippen molar-refractivity contribution < 1.29 is 22.4 Å². The van der Waals surface area contributed by atoms with Crippen molar-refractivity contribution >= 4 is 17.5 Å². The maximum Gasteiger partial charge on any atom is 0.327 e. The summed E-state index contributed by atoms with van der Waals surface area (Å²) in [7, 11) is 0. The molecule has 1 heterocycles. The summed E-state index contributed by atoms with van der Waals surface area (Å²) in [5, 5.41) is 0.434. The number of hydrogen-bond acceptors (Lipinski definition) is 1. The van der Waals surface area contributed by atoms with Gasteiger partial charge in [0.25, 0.3) is 5.91 Å². The van der Waals surface area contributed by atoms with Gasteiger partial charge in [-0.3, -0.25) is 4.79 Å². The van der Waals surface area contributed by atoms with Gasteiger partial charge in [0, 0.05) is 12.1 Å². The second-order valence-corrected chi connectivity index (χ2v) is 5.05. The van der Waals surface area contributed by atoms with E-state index >= 15 is 0 Å². The summed E-state index contributed by atoms with van der Waals surface area (Å²) in [5.74, 6) is -4.75. The van der Waals surface area contributed by atoms with Crippen LogP contribution in [0.1, 0.15) is 33.3 Å². The molecule has 2 rings (SSSR count). The van der Waals surface area contributed by atoms with E-state index in [2.05, 4.69) is 5.32 Å². The third kappa shape index (κ3) is 2.75. The third-order valence-corrected chi connectivity index (χ3v) is 3.75. The highest BCUT2D eigenvalue weighted by molar-refractivity contribution is 6.21. The molecular weight excluding hydrogens is 298 g/mol. The molecule has 1 aliphatic rings. The number of halogens is 5. The molecule has 1 N–H and O–H groups in total. The first kappa shape index (κ1) is 15.1. The molecule has 0 spiro atoms. The van der Waals surface area contributed by atoms with Crippen LogP contribution in [0.3, 0.4) is 0 Å². The SMILES string of the molecule is O=C1NCCCc2ccc(C(Cl)C(F)(F)C(F)F)cc21. The van der Waals surface area contributed by atoms with Crippen molar-refractivity contribution in [3.05, 3.63) is 34.9 Å². The van der Waals surface area contributed by atoms with Gasteiger partial charge < -0.3 is 5.32 Å². The largest absolute Gasteiger partial charge is 0.352 e. The van der Waals surface area contributed by atoms with Gasteiger partial charge >= 0.3 is 12.3 Å². The Bertz CT molecular complexity index is 521. The Morgan fingerprint density at radius 1 is 1.30 bits per heavy atom. The normalized spacial score (nSPS) is 17.4. The Kier molecular flexibility index (Phi) is 4.22. The highest BCUT2D eigenvalue weighted by Gasteiger charge is 2.48. The van der Waals surface area contributed by atoms with Crippen molar-refractivity contribution in [2.45, 2.75) is 30.6 Å². The van der Waals surface area contributed by atoms with Crippen LogP contribution in [-0.4, -0.2) is 24.8 Å². The number of hydrogen-bond donors (Lipinski definition) is 1. The molecule has 110 valence electrons. The summed E-state index contributed by atoms with van der Waals surface area (Å²) >= 11 is 5.46. The number of carbonyl (C=O) groups excluding carboxylic acids is 1. The molecule has 1 atom stereocenters. The van der Waals surface area contributed by atoms with Gasteiger partial charge in [-0.15, -0.1) is 11.6 Å². The zero-order valence-electron chi connectivity index (χ0n) is 10.3. The van der Waals surface area contributed by atoms with Crippen LogP contribution in [0.15, 0.2) is 18.2 Å². The van der Waals surface area contributed by atoms with E-state index in [0.717, 1.165) is 6.42 Å². The van der Waals surface area contributed by atoms with E-state index in [1.807, 2.05) is 0 Å². The molecule has 20 heavy (non-hydrogen) atoms. The molecule has 0 fully saturated rings. The summed E-state index contributed by atoms with van der Waals surface area (Å²) in [6.45, 7) is 0.486. The number of rotatable bonds is 3. The van der Waals surface area contributed by atoms with E-state index in [1.165, 1.54) is 18.2 Å². The van der Waals surface area contributed by atoms with Gasteiger partial charge in [-0.2, -0.15) is 8.78 Å². The van der Waals surface area contributed by atoms with Crippen LogP contribution in [0.5, 0.6) is 0 Å². The van der Waals surface area contributed by atoms with E-state index < -0.39 is 23.6 Å². The summed E-state index contributed by atoms with van der Waals surface area (Å²) in [6, 6.07) is 3.93. The lowest BCUT2D eigenvalue weighted by molar-refractivity contribution is -0.130. The Hall–Kier alpha value is -1.30. The van der Waals surface area contributed by atoms with Gasteiger partial charge in [-0.1, -0.05) is 12.1 Å². The van der Waals surface area contributed by atoms with E-state index in [-0.39, 0.29) is 11.1 Å². The lowest BCUT2D eigenvalue weighted by Gasteiger charge is -2.22. The summed E-state index contributed by atoms with van der Waals surface area (Å²) in [6.07, 6.45) is -2.51. The topological polar surface area (TPSA) is 29.1 Å². The van der Waals surface area contributed by atoms with Crippen LogP contribution >= 0.6 is 11.6 Å². The summed E-state index contributed by atoms with van der Waals surface area (Å²) in [4.78, 5) is 11.8. The van der Waals surface area contributed by atoms with Crippen LogP contribution in [-0.2, 0) is 6.42 Å². The first-order valence-corrected chi connectivity index (χ1v) is 6.48. The third-order valence-electron chi connectivity index (χ3n) is 3.21. The molecule has 1 aromatic rings. The standard InChI is InChI=1S/C13H12ClF4NO/c14-10(13(17,18)12(15)16)8-4-3-7-2-1-5-19-11(20)9(7)6-8/h3-4,6,10,12H,1-2,5H2,(H,19,20). The first-order valence-electron chi connectivity index (χ1n) is 6.05. The predicted molar refractivity (Wildman–Crippen MR) is 66.6 cm³/mol. The molecule has 0 aliphatic carbocycles. The van der Waals surface area contributed by atoms with E-state index in [0.29, 0.717) is 18.5 Å². The number of amides is 1. The highest BCUT2D eigenvalue weighted by atomic mass is 35.5. The van der Waals surface area contributed by atoms with Crippen molar-refractivity contribution in [3.63, 3.8) is 0 Å². The van der Waals surface area contributed by atoms with Crippen molar-refractivity contribution in [1.29, 1.82) is 0 Å². The van der Waals surface area contributed by atoms with Gasteiger partial charge in [0.1, 0.15) is 5.38 Å². The number of fused-ring (bicyclic) bond motifs is 1. The van der Waals surface area contributed by atoms with Crippen molar-refractivity contribution in [3.8, 4) is 0 Å². The second kappa shape index (κ2) is 5.60. The lowest BCUT2D eigenvalue weighted by atomic mass is 9.97. The van der Waals surface area contributed by atoms with E-state index in [4.69, 9.17) is 11.6 Å². The fourth-order valence-electron chi connectivity index (χ4n) is 2.09. The van der Waals surface area contributed by atoms with Crippen LogP contribution in [0.2, 0.25) is 0 Å². The zero-order chi connectivity index (χ0) is 14.9. The molecule has 7 heteroatoms. The summed E-state index contributed by atoms with van der Waals surface area (Å²) < 4.78 is 51.1. The number of benzene rings is 1. The van der Waals surface area contributed by atoms with Crippen LogP contribution < -0.4 is 5.32 Å². The maximum atomic E-state index is 13.3. The highest BCUT2D eigenvalue weighted by Crippen LogP contribution is 2.41. The first-order chi connectivity index (χ1) is 9.34. The quantitative estimate of drug-likeness (QED) is 0.671. The van der Waals surface area contributed by atoms with Crippen LogP contribution in [0.4, 0.5) is 17.6 Å². The molecule has 0 bridgehead atoms. The Morgan fingerprint density at radius 2 is 2.00 bits per heavy atom. The predicted octanol–water partition coefficient (Wildman–Crippen LogP) is 3.54. The van der Waals surface area contributed by atoms with Crippen LogP contribution in [0, 0.1) is 0 Å². The molecule has 0 aromatic heterocycles. The van der Waals surface area contributed by atoms with Gasteiger partial charge in [0.2, 0.25) is 0 Å². The fraction of sp³-hybridized carbons (Fsp3) is 0.462. The molecule has 2 nitrogen and oxygen atoms in total. The van der Waals surface area contributed by atoms with Crippen molar-refractivity contribution in [1.82, 2.24) is 5.32 Å². The smallest absolute Gasteiger partial charge is 0.327 e. The minimum Gasteiger partial charge on any atom is -0.352 e. The minimum absolute atomic E-state index is 0.187. The summed E-state index contributed by atoms with van der Waals surface area (Å²) in [5.41, 5.74) is 0.733. The molecular formula is C13H12ClF4NO. The average molecular weight is 310 g/mol. The molecule has 0 saturated carbocycles. The Balaban J connectivity index is 2.38. The van der Waals surface area contributed by atoms with Gasteiger partial charge in [0.15, 0.2) is 0 Å². The van der Waals surface area contributed by atoms with Crippen LogP contribution in [0.25, 0.3) is 0 Å². The monoisotopic (exact) mass is 309 g/mol. The van der Waals surface area contributed by atoms with Gasteiger partial charge in [-0.05, 0) is 30.0 Å². The van der Waals surface area contributed by atoms with Gasteiger partial charge in [0.05, 0.1) is 0 Å². The van der Waals surface area contributed by atoms with E-state index in [9.17, 15) is 22.4 Å². The molecule has 1 aliphatic heterocycles. The fourth-order valence-corrected chi connectivity index (χ4v) is 2.32. The molecule has 1 aromatic carbocycles. The number of aryl methyl sites for hydroxylation is 1. The number of nitrogens with one attached hydrogen (secondary N) is 1. The van der Waals surface area contributed by atoms with Crippen molar-refractivity contribution in [2.75, 3.05) is 6.54 Å². The minimum atomic E-state index is -4.35. The molecule has 0 saturated heterocycles.